The average Bonchev–Trinajstić information content (AvgIpc) is 2.85. The van der Waals surface area contributed by atoms with Crippen molar-refractivity contribution in [2.75, 3.05) is 0 Å². The fraction of sp³-hybridized carbons (Fsp3) is 0.353. The minimum Gasteiger partial charge on any atom is -0.477 e. The van der Waals surface area contributed by atoms with E-state index < -0.39 is 28.7 Å². The average molecular weight is 333 g/mol. The highest BCUT2D eigenvalue weighted by molar-refractivity contribution is 5.88. The Morgan fingerprint density at radius 3 is 2.46 bits per heavy atom. The predicted octanol–water partition coefficient (Wildman–Crippen LogP) is 2.46. The van der Waals surface area contributed by atoms with Crippen molar-refractivity contribution in [1.29, 1.82) is 0 Å². The number of carbonyl (C=O) groups is 2. The number of aromatic nitrogens is 1. The van der Waals surface area contributed by atoms with Gasteiger partial charge in [0.25, 0.3) is 5.56 Å². The number of carboxylic acids is 1. The van der Waals surface area contributed by atoms with Crippen molar-refractivity contribution in [3.05, 3.63) is 46.1 Å². The molecular weight excluding hydrogens is 314 g/mol. The van der Waals surface area contributed by atoms with Gasteiger partial charge in [0.2, 0.25) is 0 Å². The highest BCUT2D eigenvalue weighted by Crippen LogP contribution is 2.22. The monoisotopic (exact) mass is 333 g/mol. The number of furan rings is 1. The van der Waals surface area contributed by atoms with E-state index in [1.165, 1.54) is 12.3 Å². The summed E-state index contributed by atoms with van der Waals surface area (Å²) >= 11 is 0. The summed E-state index contributed by atoms with van der Waals surface area (Å²) in [6, 6.07) is 4.62. The normalized spacial score (nSPS) is 11.3. The molecule has 0 aliphatic carbocycles. The molecule has 7 nitrogen and oxygen atoms in total. The fourth-order valence-corrected chi connectivity index (χ4v) is 2.14. The second kappa shape index (κ2) is 6.35. The first-order valence-electron chi connectivity index (χ1n) is 7.33. The van der Waals surface area contributed by atoms with Crippen LogP contribution in [0.3, 0.4) is 0 Å². The van der Waals surface area contributed by atoms with Gasteiger partial charge in [-0.1, -0.05) is 0 Å². The molecule has 0 unspecified atom stereocenters. The van der Waals surface area contributed by atoms with E-state index in [1.54, 1.807) is 39.8 Å². The van der Waals surface area contributed by atoms with Gasteiger partial charge in [0, 0.05) is 11.8 Å². The molecule has 0 radical (unpaired) electrons. The van der Waals surface area contributed by atoms with Crippen LogP contribution in [-0.2, 0) is 16.1 Å². The molecule has 7 heteroatoms. The Morgan fingerprint density at radius 2 is 1.96 bits per heavy atom. The van der Waals surface area contributed by atoms with Gasteiger partial charge in [-0.25, -0.2) is 4.79 Å². The van der Waals surface area contributed by atoms with E-state index in [0.29, 0.717) is 17.1 Å². The summed E-state index contributed by atoms with van der Waals surface area (Å²) in [5.74, 6) is -0.948. The maximum atomic E-state index is 12.2. The van der Waals surface area contributed by atoms with Crippen LogP contribution in [0.1, 0.15) is 36.9 Å². The molecule has 0 saturated carbocycles. The lowest BCUT2D eigenvalue weighted by atomic mass is 10.1. The van der Waals surface area contributed by atoms with Crippen LogP contribution < -0.4 is 5.56 Å². The van der Waals surface area contributed by atoms with Crippen LogP contribution in [0.4, 0.5) is 0 Å². The number of aromatic carboxylic acids is 1. The third-order valence-corrected chi connectivity index (χ3v) is 3.06. The molecule has 0 saturated heterocycles. The zero-order chi connectivity index (χ0) is 18.1. The van der Waals surface area contributed by atoms with Gasteiger partial charge in [-0.3, -0.25) is 9.59 Å². The number of esters is 1. The van der Waals surface area contributed by atoms with E-state index in [-0.39, 0.29) is 6.54 Å². The highest BCUT2D eigenvalue weighted by atomic mass is 16.6. The third kappa shape index (κ3) is 4.13. The number of ether oxygens (including phenoxy) is 1. The Balaban J connectivity index is 2.46. The lowest BCUT2D eigenvalue weighted by Gasteiger charge is -2.20. The first-order valence-corrected chi connectivity index (χ1v) is 7.33. The molecule has 0 aliphatic heterocycles. The van der Waals surface area contributed by atoms with Gasteiger partial charge in [-0.2, -0.15) is 0 Å². The van der Waals surface area contributed by atoms with Gasteiger partial charge in [-0.15, -0.1) is 0 Å². The van der Waals surface area contributed by atoms with Crippen LogP contribution in [0, 0.1) is 6.92 Å². The maximum absolute atomic E-state index is 12.2. The molecule has 1 N–H and O–H groups in total. The van der Waals surface area contributed by atoms with Crippen molar-refractivity contribution in [2.24, 2.45) is 0 Å². The lowest BCUT2D eigenvalue weighted by molar-refractivity contribution is -0.155. The second-order valence-corrected chi connectivity index (χ2v) is 6.38. The van der Waals surface area contributed by atoms with Crippen molar-refractivity contribution in [3.8, 4) is 11.3 Å². The minimum atomic E-state index is -1.37. The SMILES string of the molecule is Cc1ccc(-c2cc(C(=O)O)c(=O)n(CC(=O)OC(C)(C)C)c2)o1. The van der Waals surface area contributed by atoms with Crippen molar-refractivity contribution in [1.82, 2.24) is 4.57 Å². The van der Waals surface area contributed by atoms with E-state index in [2.05, 4.69) is 0 Å². The molecule has 0 bridgehead atoms. The van der Waals surface area contributed by atoms with Crippen molar-refractivity contribution in [3.63, 3.8) is 0 Å². The molecule has 0 spiro atoms. The molecule has 2 rings (SSSR count). The Labute approximate surface area is 138 Å². The minimum absolute atomic E-state index is 0.385. The Kier molecular flexibility index (Phi) is 4.64. The maximum Gasteiger partial charge on any atom is 0.341 e. The van der Waals surface area contributed by atoms with E-state index in [0.717, 1.165) is 4.57 Å². The summed E-state index contributed by atoms with van der Waals surface area (Å²) in [5, 5.41) is 9.23. The molecule has 0 fully saturated rings. The summed E-state index contributed by atoms with van der Waals surface area (Å²) in [4.78, 5) is 35.5. The molecule has 0 amide bonds. The summed E-state index contributed by atoms with van der Waals surface area (Å²) in [6.45, 7) is 6.48. The first kappa shape index (κ1) is 17.5. The number of rotatable bonds is 4. The van der Waals surface area contributed by atoms with Gasteiger partial charge in [-0.05, 0) is 45.9 Å². The number of hydrogen-bond donors (Lipinski definition) is 1. The van der Waals surface area contributed by atoms with Gasteiger partial charge in [0.15, 0.2) is 0 Å². The first-order chi connectivity index (χ1) is 11.1. The van der Waals surface area contributed by atoms with Crippen molar-refractivity contribution < 1.29 is 23.8 Å². The zero-order valence-electron chi connectivity index (χ0n) is 14.0. The predicted molar refractivity (Wildman–Crippen MR) is 85.9 cm³/mol. The standard InChI is InChI=1S/C17H19NO6/c1-10-5-6-13(23-10)11-7-12(16(21)22)15(20)18(8-11)9-14(19)24-17(2,3)4/h5-8H,9H2,1-4H3,(H,21,22). The summed E-state index contributed by atoms with van der Waals surface area (Å²) in [6.07, 6.45) is 1.39. The van der Waals surface area contributed by atoms with Crippen LogP contribution in [0.5, 0.6) is 0 Å². The molecule has 0 aromatic carbocycles. The smallest absolute Gasteiger partial charge is 0.341 e. The molecule has 0 aliphatic rings. The second-order valence-electron chi connectivity index (χ2n) is 6.38. The largest absolute Gasteiger partial charge is 0.477 e. The molecule has 0 atom stereocenters. The van der Waals surface area contributed by atoms with E-state index in [4.69, 9.17) is 9.15 Å². The van der Waals surface area contributed by atoms with E-state index in [1.807, 2.05) is 0 Å². The summed E-state index contributed by atoms with van der Waals surface area (Å²) < 4.78 is 11.7. The molecular formula is C17H19NO6. The van der Waals surface area contributed by atoms with Crippen molar-refractivity contribution >= 4 is 11.9 Å². The zero-order valence-corrected chi connectivity index (χ0v) is 14.0. The number of pyridine rings is 1. The van der Waals surface area contributed by atoms with Crippen LogP contribution in [0.15, 0.2) is 33.6 Å². The molecule has 2 aromatic rings. The number of carboxylic acid groups (broad SMARTS) is 1. The highest BCUT2D eigenvalue weighted by Gasteiger charge is 2.20. The number of carbonyl (C=O) groups excluding carboxylic acids is 1. The van der Waals surface area contributed by atoms with Gasteiger partial charge in [0.1, 0.15) is 29.2 Å². The quantitative estimate of drug-likeness (QED) is 0.863. The Morgan fingerprint density at radius 1 is 1.29 bits per heavy atom. The van der Waals surface area contributed by atoms with E-state index in [9.17, 15) is 19.5 Å². The fourth-order valence-electron chi connectivity index (χ4n) is 2.14. The van der Waals surface area contributed by atoms with E-state index >= 15 is 0 Å². The van der Waals surface area contributed by atoms with Crippen LogP contribution >= 0.6 is 0 Å². The topological polar surface area (TPSA) is 98.7 Å². The number of aryl methyl sites for hydroxylation is 1. The third-order valence-electron chi connectivity index (χ3n) is 3.06. The van der Waals surface area contributed by atoms with Gasteiger partial charge < -0.3 is 18.8 Å². The number of hydrogen-bond acceptors (Lipinski definition) is 5. The molecule has 2 heterocycles. The van der Waals surface area contributed by atoms with Crippen LogP contribution in [-0.4, -0.2) is 27.2 Å². The lowest BCUT2D eigenvalue weighted by Crippen LogP contribution is -2.32. The molecule has 24 heavy (non-hydrogen) atoms. The number of nitrogens with zero attached hydrogens (tertiary/aromatic N) is 1. The van der Waals surface area contributed by atoms with Crippen LogP contribution in [0.25, 0.3) is 11.3 Å². The molecule has 2 aromatic heterocycles. The summed E-state index contributed by atoms with van der Waals surface area (Å²) in [5.41, 5.74) is -1.53. The summed E-state index contributed by atoms with van der Waals surface area (Å²) in [7, 11) is 0. The molecule has 128 valence electrons. The van der Waals surface area contributed by atoms with Crippen molar-refractivity contribution in [2.45, 2.75) is 39.8 Å². The van der Waals surface area contributed by atoms with Crippen LogP contribution in [0.2, 0.25) is 0 Å². The Bertz CT molecular complexity index is 837. The van der Waals surface area contributed by atoms with Gasteiger partial charge >= 0.3 is 11.9 Å². The Hall–Kier alpha value is -2.83. The van der Waals surface area contributed by atoms with Gasteiger partial charge in [0.05, 0.1) is 0 Å².